The van der Waals surface area contributed by atoms with E-state index in [1.54, 1.807) is 4.90 Å². The lowest BCUT2D eigenvalue weighted by Crippen LogP contribution is -2.56. The van der Waals surface area contributed by atoms with E-state index in [1.807, 2.05) is 12.1 Å². The van der Waals surface area contributed by atoms with Gasteiger partial charge in [-0.05, 0) is 69.1 Å². The Hall–Kier alpha value is -2.61. The van der Waals surface area contributed by atoms with Crippen LogP contribution in [0.1, 0.15) is 64.2 Å². The Morgan fingerprint density at radius 3 is 2.06 bits per heavy atom. The van der Waals surface area contributed by atoms with E-state index in [-0.39, 0.29) is 37.3 Å². The molecule has 172 valence electrons. The molecule has 8 nitrogen and oxygen atoms in total. The van der Waals surface area contributed by atoms with Crippen LogP contribution in [0.5, 0.6) is 0 Å². The van der Waals surface area contributed by atoms with E-state index >= 15 is 0 Å². The largest absolute Gasteiger partial charge is 0.454 e. The van der Waals surface area contributed by atoms with Crippen molar-refractivity contribution in [1.29, 1.82) is 10.5 Å². The van der Waals surface area contributed by atoms with Crippen molar-refractivity contribution < 1.29 is 19.1 Å². The summed E-state index contributed by atoms with van der Waals surface area (Å²) in [6, 6.07) is 3.35. The Labute approximate surface area is 189 Å². The molecule has 4 aliphatic carbocycles. The average molecular weight is 441 g/mol. The predicted molar refractivity (Wildman–Crippen MR) is 113 cm³/mol. The molecule has 1 unspecified atom stereocenters. The van der Waals surface area contributed by atoms with Gasteiger partial charge in [0.05, 0.1) is 30.4 Å². The van der Waals surface area contributed by atoms with E-state index in [9.17, 15) is 14.4 Å². The summed E-state index contributed by atoms with van der Waals surface area (Å²) < 4.78 is 5.34. The molecule has 4 saturated carbocycles. The van der Waals surface area contributed by atoms with Gasteiger partial charge in [-0.3, -0.25) is 9.59 Å². The summed E-state index contributed by atoms with van der Waals surface area (Å²) >= 11 is 0. The van der Waals surface area contributed by atoms with E-state index in [4.69, 9.17) is 15.3 Å². The van der Waals surface area contributed by atoms with Crippen molar-refractivity contribution >= 4 is 17.8 Å². The molecule has 0 aromatic rings. The van der Waals surface area contributed by atoms with Crippen LogP contribution in [0.25, 0.3) is 0 Å². The number of rotatable bonds is 8. The van der Waals surface area contributed by atoms with Crippen molar-refractivity contribution in [3.8, 4) is 12.1 Å². The van der Waals surface area contributed by atoms with Gasteiger partial charge in [-0.25, -0.2) is 4.79 Å². The maximum atomic E-state index is 13.7. The monoisotopic (exact) mass is 440 g/mol. The van der Waals surface area contributed by atoms with Gasteiger partial charge < -0.3 is 14.5 Å². The number of ether oxygens (including phenoxy) is 1. The molecule has 0 aromatic carbocycles. The summed E-state index contributed by atoms with van der Waals surface area (Å²) in [4.78, 5) is 42.1. The zero-order valence-electron chi connectivity index (χ0n) is 18.6. The van der Waals surface area contributed by atoms with E-state index in [0.717, 1.165) is 25.7 Å². The number of amides is 2. The minimum absolute atomic E-state index is 0.132. The molecule has 1 atom stereocenters. The van der Waals surface area contributed by atoms with E-state index in [1.165, 1.54) is 24.2 Å². The van der Waals surface area contributed by atoms with Gasteiger partial charge in [0.1, 0.15) is 6.04 Å². The standard InChI is InChI=1S/C24H32N4O4/c25-5-2-7-27(8-3-6-26)21(29)16-32-22(30)20-4-1-9-28(20)23(31)24-13-17-10-18(14-24)12-19(11-17)15-24/h17-20H,1-4,7-16H2. The molecule has 8 heteroatoms. The molecule has 5 aliphatic rings. The molecule has 0 N–H and O–H groups in total. The van der Waals surface area contributed by atoms with Gasteiger partial charge in [-0.1, -0.05) is 0 Å². The summed E-state index contributed by atoms with van der Waals surface area (Å²) in [5.41, 5.74) is -0.293. The van der Waals surface area contributed by atoms with Crippen molar-refractivity contribution in [3.63, 3.8) is 0 Å². The van der Waals surface area contributed by atoms with Crippen LogP contribution < -0.4 is 0 Å². The summed E-state index contributed by atoms with van der Waals surface area (Å²) in [5, 5.41) is 17.6. The van der Waals surface area contributed by atoms with E-state index in [2.05, 4.69) is 0 Å². The molecule has 0 radical (unpaired) electrons. The third-order valence-electron chi connectivity index (χ3n) is 7.96. The zero-order valence-corrected chi connectivity index (χ0v) is 18.6. The SMILES string of the molecule is N#CCCN(CCC#N)C(=O)COC(=O)C1CCCN1C(=O)C12CC3CC(CC(C3)C1)C2. The minimum Gasteiger partial charge on any atom is -0.454 e. The second-order valence-electron chi connectivity index (χ2n) is 10.2. The van der Waals surface area contributed by atoms with Crippen LogP contribution in [0, 0.1) is 45.8 Å². The predicted octanol–water partition coefficient (Wildman–Crippen LogP) is 2.39. The number of likely N-dealkylation sites (tertiary alicyclic amines) is 1. The van der Waals surface area contributed by atoms with Crippen molar-refractivity contribution in [2.45, 2.75) is 70.3 Å². The topological polar surface area (TPSA) is 114 Å². The fourth-order valence-corrected chi connectivity index (χ4v) is 6.98. The van der Waals surface area contributed by atoms with Gasteiger partial charge in [0.15, 0.2) is 6.61 Å². The van der Waals surface area contributed by atoms with Gasteiger partial charge in [-0.2, -0.15) is 10.5 Å². The summed E-state index contributed by atoms with van der Waals surface area (Å²) in [7, 11) is 0. The molecule has 2 amide bonds. The molecular weight excluding hydrogens is 408 g/mol. The molecule has 1 saturated heterocycles. The number of nitrogens with zero attached hydrogens (tertiary/aromatic N) is 4. The van der Waals surface area contributed by atoms with Crippen molar-refractivity contribution in [2.75, 3.05) is 26.2 Å². The first-order chi connectivity index (χ1) is 15.5. The van der Waals surface area contributed by atoms with Crippen LogP contribution in [-0.2, 0) is 19.1 Å². The van der Waals surface area contributed by atoms with Crippen molar-refractivity contribution in [2.24, 2.45) is 23.2 Å². The number of hydrogen-bond donors (Lipinski definition) is 0. The molecule has 32 heavy (non-hydrogen) atoms. The van der Waals surface area contributed by atoms with Gasteiger partial charge in [-0.15, -0.1) is 0 Å². The summed E-state index contributed by atoms with van der Waals surface area (Å²) in [5.74, 6) is 1.16. The highest BCUT2D eigenvalue weighted by atomic mass is 16.5. The van der Waals surface area contributed by atoms with E-state index in [0.29, 0.717) is 30.7 Å². The first-order valence-electron chi connectivity index (χ1n) is 11.9. The number of hydrogen-bond acceptors (Lipinski definition) is 6. The number of carbonyl (C=O) groups excluding carboxylic acids is 3. The van der Waals surface area contributed by atoms with Gasteiger partial charge in [0, 0.05) is 19.6 Å². The average Bonchev–Trinajstić information content (AvgIpc) is 3.26. The van der Waals surface area contributed by atoms with Gasteiger partial charge >= 0.3 is 5.97 Å². The maximum Gasteiger partial charge on any atom is 0.329 e. The lowest BCUT2D eigenvalue weighted by Gasteiger charge is -2.56. The van der Waals surface area contributed by atoms with E-state index < -0.39 is 24.5 Å². The smallest absolute Gasteiger partial charge is 0.329 e. The van der Waals surface area contributed by atoms with Gasteiger partial charge in [0.2, 0.25) is 5.91 Å². The summed E-state index contributed by atoms with van der Waals surface area (Å²) in [6.45, 7) is 0.555. The first kappa shape index (κ1) is 22.6. The third kappa shape index (κ3) is 4.46. The lowest BCUT2D eigenvalue weighted by molar-refractivity contribution is -0.166. The van der Waals surface area contributed by atoms with Crippen LogP contribution in [0.3, 0.4) is 0 Å². The molecule has 5 rings (SSSR count). The van der Waals surface area contributed by atoms with Crippen LogP contribution in [0.4, 0.5) is 0 Å². The zero-order chi connectivity index (χ0) is 22.7. The first-order valence-corrected chi connectivity index (χ1v) is 11.9. The maximum absolute atomic E-state index is 13.7. The molecule has 5 fully saturated rings. The van der Waals surface area contributed by atoms with Crippen LogP contribution >= 0.6 is 0 Å². The molecule has 0 aromatic heterocycles. The third-order valence-corrected chi connectivity index (χ3v) is 7.96. The fourth-order valence-electron chi connectivity index (χ4n) is 6.98. The van der Waals surface area contributed by atoms with Crippen LogP contribution in [-0.4, -0.2) is 59.9 Å². The van der Waals surface area contributed by atoms with Gasteiger partial charge in [0.25, 0.3) is 5.91 Å². The molecule has 4 bridgehead atoms. The highest BCUT2D eigenvalue weighted by molar-refractivity contribution is 5.90. The number of nitriles is 2. The number of carbonyl (C=O) groups is 3. The molecule has 1 aliphatic heterocycles. The Kier molecular flexibility index (Phi) is 6.69. The second-order valence-corrected chi connectivity index (χ2v) is 10.2. The molecular formula is C24H32N4O4. The number of esters is 1. The van der Waals surface area contributed by atoms with Crippen molar-refractivity contribution in [1.82, 2.24) is 9.80 Å². The Morgan fingerprint density at radius 1 is 0.969 bits per heavy atom. The Balaban J connectivity index is 1.35. The summed E-state index contributed by atoms with van der Waals surface area (Å²) in [6.07, 6.45) is 8.29. The fraction of sp³-hybridized carbons (Fsp3) is 0.792. The highest BCUT2D eigenvalue weighted by Crippen LogP contribution is 2.60. The Bertz CT molecular complexity index is 789. The van der Waals surface area contributed by atoms with Crippen LogP contribution in [0.15, 0.2) is 0 Å². The quantitative estimate of drug-likeness (QED) is 0.535. The Morgan fingerprint density at radius 2 is 1.53 bits per heavy atom. The molecule has 0 spiro atoms. The normalized spacial score (nSPS) is 32.2. The van der Waals surface area contributed by atoms with Crippen molar-refractivity contribution in [3.05, 3.63) is 0 Å². The highest BCUT2D eigenvalue weighted by Gasteiger charge is 2.57. The second kappa shape index (κ2) is 9.48. The lowest BCUT2D eigenvalue weighted by atomic mass is 9.49. The minimum atomic E-state index is -0.616. The molecule has 1 heterocycles. The van der Waals surface area contributed by atoms with Crippen LogP contribution in [0.2, 0.25) is 0 Å².